The van der Waals surface area contributed by atoms with E-state index in [0.29, 0.717) is 6.01 Å². The van der Waals surface area contributed by atoms with Crippen LogP contribution in [0.4, 0.5) is 11.7 Å². The Morgan fingerprint density at radius 2 is 1.84 bits per heavy atom. The van der Waals surface area contributed by atoms with Gasteiger partial charge in [-0.3, -0.25) is 0 Å². The molecule has 1 aromatic heterocycles. The smallest absolute Gasteiger partial charge is 0.300 e. The van der Waals surface area contributed by atoms with Gasteiger partial charge >= 0.3 is 0 Å². The van der Waals surface area contributed by atoms with Crippen LogP contribution in [-0.2, 0) is 6.42 Å². The van der Waals surface area contributed by atoms with Crippen molar-refractivity contribution in [2.45, 2.75) is 19.8 Å². The number of para-hydroxylation sites is 2. The van der Waals surface area contributed by atoms with Crippen LogP contribution in [0.3, 0.4) is 0 Å². The lowest BCUT2D eigenvalue weighted by molar-refractivity contribution is 0.623. The predicted molar refractivity (Wildman–Crippen MR) is 77.7 cm³/mol. The van der Waals surface area contributed by atoms with Crippen LogP contribution < -0.4 is 5.32 Å². The molecule has 0 spiro atoms. The highest BCUT2D eigenvalue weighted by Gasteiger charge is 2.04. The predicted octanol–water partition coefficient (Wildman–Crippen LogP) is 4.52. The van der Waals surface area contributed by atoms with Crippen LogP contribution >= 0.6 is 0 Å². The number of benzene rings is 2. The molecule has 2 aromatic carbocycles. The van der Waals surface area contributed by atoms with E-state index in [1.54, 1.807) is 0 Å². The minimum absolute atomic E-state index is 0.532. The van der Waals surface area contributed by atoms with Gasteiger partial charge in [-0.25, -0.2) is 0 Å². The number of fused-ring (bicyclic) bond motifs is 1. The zero-order chi connectivity index (χ0) is 13.1. The van der Waals surface area contributed by atoms with Crippen molar-refractivity contribution in [1.29, 1.82) is 0 Å². The van der Waals surface area contributed by atoms with Gasteiger partial charge in [0.2, 0.25) is 0 Å². The molecule has 0 aliphatic heterocycles. The quantitative estimate of drug-likeness (QED) is 0.741. The number of hydrogen-bond acceptors (Lipinski definition) is 3. The van der Waals surface area contributed by atoms with E-state index >= 15 is 0 Å². The Labute approximate surface area is 112 Å². The SMILES string of the molecule is CCCc1ccc(Nc2nc3ccccc3o2)cc1. The van der Waals surface area contributed by atoms with E-state index in [9.17, 15) is 0 Å². The Bertz CT molecular complexity index is 638. The Kier molecular flexibility index (Phi) is 3.19. The zero-order valence-corrected chi connectivity index (χ0v) is 10.9. The van der Waals surface area contributed by atoms with Gasteiger partial charge in [-0.2, -0.15) is 4.98 Å². The van der Waals surface area contributed by atoms with Crippen LogP contribution in [0.15, 0.2) is 52.9 Å². The second kappa shape index (κ2) is 5.14. The van der Waals surface area contributed by atoms with Gasteiger partial charge in [0, 0.05) is 5.69 Å². The second-order valence-corrected chi connectivity index (χ2v) is 4.56. The fourth-order valence-electron chi connectivity index (χ4n) is 2.09. The molecule has 3 aromatic rings. The first kappa shape index (κ1) is 11.8. The van der Waals surface area contributed by atoms with Gasteiger partial charge in [-0.1, -0.05) is 37.6 Å². The van der Waals surface area contributed by atoms with Crippen LogP contribution in [0.2, 0.25) is 0 Å². The van der Waals surface area contributed by atoms with Crippen molar-refractivity contribution in [3.05, 3.63) is 54.1 Å². The third-order valence-electron chi connectivity index (χ3n) is 3.04. The molecule has 0 saturated carbocycles. The van der Waals surface area contributed by atoms with E-state index in [4.69, 9.17) is 4.42 Å². The summed E-state index contributed by atoms with van der Waals surface area (Å²) in [5, 5.41) is 3.18. The van der Waals surface area contributed by atoms with Gasteiger partial charge in [0.1, 0.15) is 5.52 Å². The lowest BCUT2D eigenvalue weighted by Gasteiger charge is -2.03. The van der Waals surface area contributed by atoms with Gasteiger partial charge in [0.25, 0.3) is 6.01 Å². The summed E-state index contributed by atoms with van der Waals surface area (Å²) in [7, 11) is 0. The Balaban J connectivity index is 1.80. The standard InChI is InChI=1S/C16H16N2O/c1-2-5-12-8-10-13(11-9-12)17-16-18-14-6-3-4-7-15(14)19-16/h3-4,6-11H,2,5H2,1H3,(H,17,18). The number of nitrogens with zero attached hydrogens (tertiary/aromatic N) is 1. The lowest BCUT2D eigenvalue weighted by Crippen LogP contribution is -1.90. The number of oxazole rings is 1. The minimum Gasteiger partial charge on any atom is -0.423 e. The highest BCUT2D eigenvalue weighted by molar-refractivity contribution is 5.75. The monoisotopic (exact) mass is 252 g/mol. The maximum Gasteiger partial charge on any atom is 0.300 e. The van der Waals surface area contributed by atoms with Crippen molar-refractivity contribution in [2.24, 2.45) is 0 Å². The van der Waals surface area contributed by atoms with E-state index in [1.165, 1.54) is 5.56 Å². The molecule has 3 nitrogen and oxygen atoms in total. The average Bonchev–Trinajstić information content (AvgIpc) is 2.83. The summed E-state index contributed by atoms with van der Waals surface area (Å²) in [5.41, 5.74) is 4.01. The summed E-state index contributed by atoms with van der Waals surface area (Å²) in [6.07, 6.45) is 2.28. The van der Waals surface area contributed by atoms with Crippen LogP contribution in [0.1, 0.15) is 18.9 Å². The number of nitrogens with one attached hydrogen (secondary N) is 1. The molecule has 96 valence electrons. The largest absolute Gasteiger partial charge is 0.423 e. The Hall–Kier alpha value is -2.29. The Morgan fingerprint density at radius 1 is 1.05 bits per heavy atom. The molecule has 0 amide bonds. The van der Waals surface area contributed by atoms with Gasteiger partial charge in [-0.05, 0) is 36.2 Å². The maximum absolute atomic E-state index is 5.63. The first-order chi connectivity index (χ1) is 9.35. The highest BCUT2D eigenvalue weighted by Crippen LogP contribution is 2.22. The normalized spacial score (nSPS) is 10.8. The first-order valence-electron chi connectivity index (χ1n) is 6.56. The summed E-state index contributed by atoms with van der Waals surface area (Å²) in [5.74, 6) is 0. The molecule has 0 bridgehead atoms. The minimum atomic E-state index is 0.532. The van der Waals surface area contributed by atoms with Gasteiger partial charge < -0.3 is 9.73 Å². The highest BCUT2D eigenvalue weighted by atomic mass is 16.4. The van der Waals surface area contributed by atoms with E-state index in [-0.39, 0.29) is 0 Å². The first-order valence-corrected chi connectivity index (χ1v) is 6.56. The molecule has 0 saturated heterocycles. The third kappa shape index (κ3) is 2.60. The molecule has 19 heavy (non-hydrogen) atoms. The van der Waals surface area contributed by atoms with Crippen LogP contribution in [0.5, 0.6) is 0 Å². The molecule has 1 N–H and O–H groups in total. The third-order valence-corrected chi connectivity index (χ3v) is 3.04. The maximum atomic E-state index is 5.63. The average molecular weight is 252 g/mol. The molecular weight excluding hydrogens is 236 g/mol. The molecular formula is C16H16N2O. The van der Waals surface area contributed by atoms with Crippen LogP contribution in [-0.4, -0.2) is 4.98 Å². The number of hydrogen-bond donors (Lipinski definition) is 1. The van der Waals surface area contributed by atoms with Crippen molar-refractivity contribution in [3.63, 3.8) is 0 Å². The topological polar surface area (TPSA) is 38.1 Å². The molecule has 1 heterocycles. The summed E-state index contributed by atoms with van der Waals surface area (Å²) in [6.45, 7) is 2.19. The Morgan fingerprint density at radius 3 is 2.58 bits per heavy atom. The number of aromatic nitrogens is 1. The second-order valence-electron chi connectivity index (χ2n) is 4.56. The fourth-order valence-corrected chi connectivity index (χ4v) is 2.09. The van der Waals surface area contributed by atoms with Gasteiger partial charge in [-0.15, -0.1) is 0 Å². The molecule has 3 heteroatoms. The number of aryl methyl sites for hydroxylation is 1. The van der Waals surface area contributed by atoms with Gasteiger partial charge in [0.15, 0.2) is 5.58 Å². The number of rotatable bonds is 4. The van der Waals surface area contributed by atoms with E-state index < -0.39 is 0 Å². The van der Waals surface area contributed by atoms with Crippen molar-refractivity contribution < 1.29 is 4.42 Å². The molecule has 0 radical (unpaired) electrons. The van der Waals surface area contributed by atoms with Crippen molar-refractivity contribution >= 4 is 22.8 Å². The fraction of sp³-hybridized carbons (Fsp3) is 0.188. The number of anilines is 2. The summed E-state index contributed by atoms with van der Waals surface area (Å²) < 4.78 is 5.63. The summed E-state index contributed by atoms with van der Waals surface area (Å²) in [6, 6.07) is 16.7. The molecule has 0 aliphatic rings. The summed E-state index contributed by atoms with van der Waals surface area (Å²) in [4.78, 5) is 4.39. The van der Waals surface area contributed by atoms with Crippen molar-refractivity contribution in [1.82, 2.24) is 4.98 Å². The molecule has 3 rings (SSSR count). The van der Waals surface area contributed by atoms with Gasteiger partial charge in [0.05, 0.1) is 0 Å². The van der Waals surface area contributed by atoms with Crippen LogP contribution in [0.25, 0.3) is 11.1 Å². The lowest BCUT2D eigenvalue weighted by atomic mass is 10.1. The molecule has 0 aliphatic carbocycles. The van der Waals surface area contributed by atoms with E-state index in [1.807, 2.05) is 24.3 Å². The van der Waals surface area contributed by atoms with Crippen LogP contribution in [0, 0.1) is 0 Å². The van der Waals surface area contributed by atoms with E-state index in [2.05, 4.69) is 41.5 Å². The van der Waals surface area contributed by atoms with Crippen molar-refractivity contribution in [3.8, 4) is 0 Å². The zero-order valence-electron chi connectivity index (χ0n) is 10.9. The summed E-state index contributed by atoms with van der Waals surface area (Å²) >= 11 is 0. The van der Waals surface area contributed by atoms with Crippen molar-refractivity contribution in [2.75, 3.05) is 5.32 Å². The molecule has 0 fully saturated rings. The van der Waals surface area contributed by atoms with E-state index in [0.717, 1.165) is 29.6 Å². The molecule has 0 unspecified atom stereocenters. The molecule has 0 atom stereocenters.